The Morgan fingerprint density at radius 1 is 1.18 bits per heavy atom. The Labute approximate surface area is 185 Å². The molecule has 6 nitrogen and oxygen atoms in total. The predicted octanol–water partition coefficient (Wildman–Crippen LogP) is 3.52. The van der Waals surface area contributed by atoms with Gasteiger partial charge in [0.25, 0.3) is 0 Å². The van der Waals surface area contributed by atoms with E-state index in [4.69, 9.17) is 19.2 Å². The first-order chi connectivity index (χ1) is 13.4. The molecule has 3 rings (SSSR count). The second-order valence-corrected chi connectivity index (χ2v) is 7.12. The monoisotopic (exact) mass is 503 g/mol. The number of guanidine groups is 1. The summed E-state index contributed by atoms with van der Waals surface area (Å²) in [5, 5.41) is 6.91. The average molecular weight is 503 g/mol. The van der Waals surface area contributed by atoms with Crippen LogP contribution in [0.25, 0.3) is 0 Å². The Morgan fingerprint density at radius 2 is 2.00 bits per heavy atom. The molecule has 1 unspecified atom stereocenters. The summed E-state index contributed by atoms with van der Waals surface area (Å²) in [7, 11) is 0. The maximum absolute atomic E-state index is 5.83. The molecule has 1 saturated heterocycles. The third kappa shape index (κ3) is 7.40. The largest absolute Gasteiger partial charge is 0.493 e. The summed E-state index contributed by atoms with van der Waals surface area (Å²) in [6.07, 6.45) is 4.12. The summed E-state index contributed by atoms with van der Waals surface area (Å²) in [5.74, 6) is 2.50. The van der Waals surface area contributed by atoms with Gasteiger partial charge in [0, 0.05) is 51.5 Å². The number of hydrogen-bond donors (Lipinski definition) is 2. The molecule has 0 saturated carbocycles. The normalized spacial score (nSPS) is 19.9. The molecule has 2 aliphatic heterocycles. The van der Waals surface area contributed by atoms with Crippen LogP contribution in [0, 0.1) is 5.92 Å². The zero-order valence-electron chi connectivity index (χ0n) is 16.8. The summed E-state index contributed by atoms with van der Waals surface area (Å²) >= 11 is 0. The highest BCUT2D eigenvalue weighted by Crippen LogP contribution is 2.31. The lowest BCUT2D eigenvalue weighted by atomic mass is 10.0. The summed E-state index contributed by atoms with van der Waals surface area (Å²) in [6, 6.07) is 8.46. The van der Waals surface area contributed by atoms with E-state index >= 15 is 0 Å². The quantitative estimate of drug-likeness (QED) is 0.246. The molecule has 7 heteroatoms. The molecular weight excluding hydrogens is 469 g/mol. The minimum absolute atomic E-state index is 0. The Hall–Kier alpha value is -1.06. The first-order valence-corrected chi connectivity index (χ1v) is 10.3. The predicted molar refractivity (Wildman–Crippen MR) is 123 cm³/mol. The van der Waals surface area contributed by atoms with E-state index in [2.05, 4.69) is 29.7 Å². The van der Waals surface area contributed by atoms with E-state index in [1.807, 2.05) is 12.1 Å². The molecule has 1 aromatic rings. The van der Waals surface area contributed by atoms with Crippen LogP contribution in [0.2, 0.25) is 0 Å². The summed E-state index contributed by atoms with van der Waals surface area (Å²) in [6.45, 7) is 7.80. The van der Waals surface area contributed by atoms with Gasteiger partial charge >= 0.3 is 0 Å². The zero-order chi connectivity index (χ0) is 18.7. The van der Waals surface area contributed by atoms with Crippen molar-refractivity contribution in [3.8, 4) is 5.75 Å². The fourth-order valence-electron chi connectivity index (χ4n) is 3.50. The van der Waals surface area contributed by atoms with E-state index in [9.17, 15) is 0 Å². The lowest BCUT2D eigenvalue weighted by molar-refractivity contribution is 0.0205. The molecule has 1 fully saturated rings. The number of aliphatic imine (C=N–C) groups is 1. The third-order valence-electron chi connectivity index (χ3n) is 5.02. The van der Waals surface area contributed by atoms with Gasteiger partial charge in [-0.25, -0.2) is 0 Å². The third-order valence-corrected chi connectivity index (χ3v) is 5.02. The highest BCUT2D eigenvalue weighted by molar-refractivity contribution is 14.0. The maximum atomic E-state index is 5.83. The fourth-order valence-corrected chi connectivity index (χ4v) is 3.50. The standard InChI is InChI=1S/C21H33N3O3.HI/c1-2-22-21(23-11-5-12-26-16-17-8-13-25-14-9-17)24-19-10-15-27-20-7-4-3-6-18(19)20;/h3-4,6-7,17,19H,2,5,8-16H2,1H3,(H2,22,23,24);1H. The smallest absolute Gasteiger partial charge is 0.191 e. The van der Waals surface area contributed by atoms with Crippen molar-refractivity contribution < 1.29 is 14.2 Å². The number of hydrogen-bond acceptors (Lipinski definition) is 4. The van der Waals surface area contributed by atoms with E-state index in [0.29, 0.717) is 5.92 Å². The van der Waals surface area contributed by atoms with Crippen LogP contribution in [0.3, 0.4) is 0 Å². The van der Waals surface area contributed by atoms with E-state index in [1.54, 1.807) is 0 Å². The van der Waals surface area contributed by atoms with Crippen molar-refractivity contribution in [2.75, 3.05) is 46.1 Å². The maximum Gasteiger partial charge on any atom is 0.191 e. The molecule has 28 heavy (non-hydrogen) atoms. The highest BCUT2D eigenvalue weighted by atomic mass is 127. The van der Waals surface area contributed by atoms with Crippen molar-refractivity contribution in [1.29, 1.82) is 0 Å². The van der Waals surface area contributed by atoms with Crippen LogP contribution in [0.5, 0.6) is 5.75 Å². The van der Waals surface area contributed by atoms with E-state index in [0.717, 1.165) is 83.5 Å². The minimum atomic E-state index is 0. The van der Waals surface area contributed by atoms with E-state index in [-0.39, 0.29) is 30.0 Å². The zero-order valence-corrected chi connectivity index (χ0v) is 19.2. The van der Waals surface area contributed by atoms with Gasteiger partial charge in [0.15, 0.2) is 5.96 Å². The number of halogens is 1. The molecule has 0 aromatic heterocycles. The van der Waals surface area contributed by atoms with Crippen LogP contribution in [-0.2, 0) is 9.47 Å². The van der Waals surface area contributed by atoms with Gasteiger partial charge in [-0.1, -0.05) is 18.2 Å². The van der Waals surface area contributed by atoms with Gasteiger partial charge in [0.2, 0.25) is 0 Å². The van der Waals surface area contributed by atoms with Gasteiger partial charge in [-0.2, -0.15) is 0 Å². The van der Waals surface area contributed by atoms with Gasteiger partial charge in [0.1, 0.15) is 5.75 Å². The second kappa shape index (κ2) is 13.2. The van der Waals surface area contributed by atoms with Crippen LogP contribution >= 0.6 is 24.0 Å². The number of fused-ring (bicyclic) bond motifs is 1. The molecular formula is C21H34IN3O3. The van der Waals surface area contributed by atoms with Gasteiger partial charge in [-0.3, -0.25) is 4.99 Å². The first-order valence-electron chi connectivity index (χ1n) is 10.3. The number of para-hydroxylation sites is 1. The summed E-state index contributed by atoms with van der Waals surface area (Å²) < 4.78 is 17.0. The number of ether oxygens (including phenoxy) is 3. The Bertz CT molecular complexity index is 594. The Morgan fingerprint density at radius 3 is 2.82 bits per heavy atom. The van der Waals surface area contributed by atoms with Gasteiger partial charge in [-0.15, -0.1) is 24.0 Å². The molecule has 0 bridgehead atoms. The van der Waals surface area contributed by atoms with Crippen molar-refractivity contribution in [2.45, 2.75) is 38.6 Å². The van der Waals surface area contributed by atoms with E-state index < -0.39 is 0 Å². The second-order valence-electron chi connectivity index (χ2n) is 7.12. The van der Waals surface area contributed by atoms with Crippen LogP contribution in [0.1, 0.15) is 44.2 Å². The molecule has 2 N–H and O–H groups in total. The van der Waals surface area contributed by atoms with Crippen LogP contribution in [0.15, 0.2) is 29.3 Å². The lowest BCUT2D eigenvalue weighted by Gasteiger charge is -2.28. The number of benzene rings is 1. The average Bonchev–Trinajstić information content (AvgIpc) is 2.71. The van der Waals surface area contributed by atoms with Crippen LogP contribution in [-0.4, -0.2) is 52.1 Å². The molecule has 0 radical (unpaired) electrons. The molecule has 0 spiro atoms. The molecule has 1 aromatic carbocycles. The number of nitrogens with zero attached hydrogens (tertiary/aromatic N) is 1. The fraction of sp³-hybridized carbons (Fsp3) is 0.667. The Kier molecular flexibility index (Phi) is 11.0. The van der Waals surface area contributed by atoms with Gasteiger partial charge in [-0.05, 0) is 38.2 Å². The highest BCUT2D eigenvalue weighted by Gasteiger charge is 2.21. The number of rotatable bonds is 8. The molecule has 0 aliphatic carbocycles. The lowest BCUT2D eigenvalue weighted by Crippen LogP contribution is -2.41. The molecule has 2 aliphatic rings. The van der Waals surface area contributed by atoms with Crippen molar-refractivity contribution >= 4 is 29.9 Å². The van der Waals surface area contributed by atoms with Crippen LogP contribution in [0.4, 0.5) is 0 Å². The van der Waals surface area contributed by atoms with Gasteiger partial charge in [0.05, 0.1) is 12.6 Å². The Balaban J connectivity index is 0.00000280. The van der Waals surface area contributed by atoms with Crippen molar-refractivity contribution in [3.05, 3.63) is 29.8 Å². The van der Waals surface area contributed by atoms with E-state index in [1.165, 1.54) is 5.56 Å². The molecule has 158 valence electrons. The minimum Gasteiger partial charge on any atom is -0.493 e. The SMILES string of the molecule is CCNC(=NCCCOCC1CCOCC1)NC1CCOc2ccccc21.I. The molecule has 2 heterocycles. The van der Waals surface area contributed by atoms with Crippen molar-refractivity contribution in [2.24, 2.45) is 10.9 Å². The number of nitrogens with one attached hydrogen (secondary N) is 2. The van der Waals surface area contributed by atoms with Crippen molar-refractivity contribution in [1.82, 2.24) is 10.6 Å². The molecule has 1 atom stereocenters. The van der Waals surface area contributed by atoms with Crippen LogP contribution < -0.4 is 15.4 Å². The van der Waals surface area contributed by atoms with Gasteiger partial charge < -0.3 is 24.8 Å². The topological polar surface area (TPSA) is 64.1 Å². The van der Waals surface area contributed by atoms with Crippen molar-refractivity contribution in [3.63, 3.8) is 0 Å². The molecule has 0 amide bonds. The first kappa shape index (κ1) is 23.2. The summed E-state index contributed by atoms with van der Waals surface area (Å²) in [4.78, 5) is 4.72. The summed E-state index contributed by atoms with van der Waals surface area (Å²) in [5.41, 5.74) is 1.20.